The molecule has 0 amide bonds. The van der Waals surface area contributed by atoms with Gasteiger partial charge in [-0.1, -0.05) is 0 Å². The molecule has 6 nitrogen and oxygen atoms in total. The van der Waals surface area contributed by atoms with E-state index < -0.39 is 6.36 Å². The van der Waals surface area contributed by atoms with Crippen molar-refractivity contribution in [3.8, 4) is 17.3 Å². The van der Waals surface area contributed by atoms with E-state index >= 15 is 0 Å². The summed E-state index contributed by atoms with van der Waals surface area (Å²) >= 11 is 3.34. The number of rotatable bonds is 2. The van der Waals surface area contributed by atoms with Gasteiger partial charge in [0.25, 0.3) is 0 Å². The lowest BCUT2D eigenvalue weighted by atomic mass is 10.2. The molecule has 2 N–H and O–H groups in total. The first-order valence-corrected chi connectivity index (χ1v) is 7.44. The molecule has 3 heterocycles. The summed E-state index contributed by atoms with van der Waals surface area (Å²) in [4.78, 5) is 11.5. The maximum absolute atomic E-state index is 12.3. The topological polar surface area (TPSA) is 79.5 Å². The zero-order valence-electron chi connectivity index (χ0n) is 11.6. The monoisotopic (exact) mass is 397 g/mol. The maximum atomic E-state index is 12.3. The molecule has 1 aromatic carbocycles. The third-order valence-corrected chi connectivity index (χ3v) is 3.73. The van der Waals surface area contributed by atoms with Crippen LogP contribution in [0.25, 0.3) is 33.6 Å². The Bertz CT molecular complexity index is 1060. The smallest absolute Gasteiger partial charge is 0.406 e. The molecule has 0 saturated heterocycles. The number of H-pyrrole nitrogens is 2. The van der Waals surface area contributed by atoms with Crippen LogP contribution >= 0.6 is 15.9 Å². The van der Waals surface area contributed by atoms with Gasteiger partial charge in [0.05, 0.1) is 16.4 Å². The van der Waals surface area contributed by atoms with Crippen LogP contribution in [0.15, 0.2) is 34.9 Å². The minimum atomic E-state index is -4.74. The van der Waals surface area contributed by atoms with Gasteiger partial charge >= 0.3 is 6.36 Å². The molecule has 10 heteroatoms. The first-order chi connectivity index (χ1) is 11.4. The largest absolute Gasteiger partial charge is 0.573 e. The Morgan fingerprint density at radius 1 is 1.17 bits per heavy atom. The van der Waals surface area contributed by atoms with Crippen molar-refractivity contribution in [1.82, 2.24) is 25.1 Å². The minimum absolute atomic E-state index is 0.316. The second-order valence-electron chi connectivity index (χ2n) is 4.94. The molecule has 0 saturated carbocycles. The van der Waals surface area contributed by atoms with E-state index in [1.54, 1.807) is 6.20 Å². The Kier molecular flexibility index (Phi) is 3.23. The van der Waals surface area contributed by atoms with Crippen LogP contribution in [0, 0.1) is 0 Å². The van der Waals surface area contributed by atoms with Gasteiger partial charge in [0.2, 0.25) is 0 Å². The second-order valence-corrected chi connectivity index (χ2v) is 5.85. The van der Waals surface area contributed by atoms with E-state index in [2.05, 4.69) is 45.8 Å². The summed E-state index contributed by atoms with van der Waals surface area (Å²) in [7, 11) is 0. The van der Waals surface area contributed by atoms with Gasteiger partial charge in [0.1, 0.15) is 11.4 Å². The highest BCUT2D eigenvalue weighted by Crippen LogP contribution is 2.29. The van der Waals surface area contributed by atoms with Gasteiger partial charge in [-0.25, -0.2) is 9.97 Å². The van der Waals surface area contributed by atoms with Crippen LogP contribution < -0.4 is 4.74 Å². The van der Waals surface area contributed by atoms with Crippen molar-refractivity contribution in [3.05, 3.63) is 34.9 Å². The Labute approximate surface area is 140 Å². The number of hydrogen-bond acceptors (Lipinski definition) is 4. The second kappa shape index (κ2) is 5.20. The van der Waals surface area contributed by atoms with Gasteiger partial charge < -0.3 is 9.72 Å². The number of alkyl halides is 3. The van der Waals surface area contributed by atoms with E-state index in [-0.39, 0.29) is 5.75 Å². The fraction of sp³-hybridized carbons (Fsp3) is 0.0714. The third kappa shape index (κ3) is 2.68. The Morgan fingerprint density at radius 2 is 2.00 bits per heavy atom. The predicted molar refractivity (Wildman–Crippen MR) is 83.4 cm³/mol. The van der Waals surface area contributed by atoms with Crippen LogP contribution in [0.2, 0.25) is 0 Å². The summed E-state index contributed by atoms with van der Waals surface area (Å²) in [5, 5.41) is 7.65. The third-order valence-electron chi connectivity index (χ3n) is 3.30. The van der Waals surface area contributed by atoms with Gasteiger partial charge in [-0.3, -0.25) is 5.10 Å². The number of aromatic nitrogens is 5. The quantitative estimate of drug-likeness (QED) is 0.532. The van der Waals surface area contributed by atoms with E-state index in [1.807, 2.05) is 6.07 Å². The average molecular weight is 398 g/mol. The summed E-state index contributed by atoms with van der Waals surface area (Å²) in [6.07, 6.45) is -3.12. The van der Waals surface area contributed by atoms with Gasteiger partial charge in [-0.15, -0.1) is 13.2 Å². The molecule has 24 heavy (non-hydrogen) atoms. The molecule has 4 rings (SSSR count). The lowest BCUT2D eigenvalue weighted by Gasteiger charge is -2.07. The molecule has 0 aliphatic heterocycles. The summed E-state index contributed by atoms with van der Waals surface area (Å²) in [6.45, 7) is 0. The Balaban J connectivity index is 1.80. The normalized spacial score (nSPS) is 12.2. The predicted octanol–water partition coefficient (Wildman–Crippen LogP) is 4.16. The van der Waals surface area contributed by atoms with Gasteiger partial charge in [0.15, 0.2) is 11.5 Å². The number of fused-ring (bicyclic) bond motifs is 2. The minimum Gasteiger partial charge on any atom is -0.406 e. The molecular formula is C14H7BrF3N5O. The Morgan fingerprint density at radius 3 is 2.79 bits per heavy atom. The number of pyridine rings is 1. The van der Waals surface area contributed by atoms with Gasteiger partial charge in [-0.05, 0) is 34.1 Å². The molecule has 0 fully saturated rings. The lowest BCUT2D eigenvalue weighted by Crippen LogP contribution is -2.16. The first-order valence-electron chi connectivity index (χ1n) is 6.64. The fourth-order valence-electron chi connectivity index (χ4n) is 2.36. The number of benzene rings is 1. The molecule has 0 aliphatic rings. The van der Waals surface area contributed by atoms with E-state index in [1.165, 1.54) is 18.2 Å². The SMILES string of the molecule is FC(F)(F)Oc1ccc2nc(-c3[nH]nc4ncc(Br)cc34)[nH]c2c1. The lowest BCUT2D eigenvalue weighted by molar-refractivity contribution is -0.274. The van der Waals surface area contributed by atoms with Crippen molar-refractivity contribution in [3.63, 3.8) is 0 Å². The van der Waals surface area contributed by atoms with E-state index in [9.17, 15) is 13.2 Å². The number of ether oxygens (including phenoxy) is 1. The van der Waals surface area contributed by atoms with E-state index in [0.29, 0.717) is 28.2 Å². The number of halogens is 4. The highest BCUT2D eigenvalue weighted by molar-refractivity contribution is 9.10. The molecule has 122 valence electrons. The Hall–Kier alpha value is -2.62. The molecule has 4 aromatic rings. The van der Waals surface area contributed by atoms with Crippen molar-refractivity contribution >= 4 is 38.0 Å². The standard InChI is InChI=1S/C14H7BrF3N5O/c15-6-3-8-11(22-23-12(8)19-5-6)13-20-9-2-1-7(4-10(9)21-13)24-14(16,17)18/h1-5H,(H,20,21)(H,19,22,23). The van der Waals surface area contributed by atoms with Crippen molar-refractivity contribution in [2.45, 2.75) is 6.36 Å². The molecule has 0 radical (unpaired) electrons. The van der Waals surface area contributed by atoms with Crippen LogP contribution in [-0.2, 0) is 0 Å². The summed E-state index contributed by atoms with van der Waals surface area (Å²) in [5.74, 6) is 0.126. The molecule has 3 aromatic heterocycles. The van der Waals surface area contributed by atoms with Crippen molar-refractivity contribution in [2.24, 2.45) is 0 Å². The molecular weight excluding hydrogens is 391 g/mol. The van der Waals surface area contributed by atoms with Crippen LogP contribution in [0.4, 0.5) is 13.2 Å². The van der Waals surface area contributed by atoms with Crippen molar-refractivity contribution in [1.29, 1.82) is 0 Å². The highest BCUT2D eigenvalue weighted by Gasteiger charge is 2.31. The van der Waals surface area contributed by atoms with Crippen LogP contribution in [-0.4, -0.2) is 31.5 Å². The first kappa shape index (κ1) is 14.9. The van der Waals surface area contributed by atoms with E-state index in [4.69, 9.17) is 0 Å². The summed E-state index contributed by atoms with van der Waals surface area (Å²) < 4.78 is 41.6. The molecule has 0 atom stereocenters. The number of nitrogens with zero attached hydrogens (tertiary/aromatic N) is 3. The average Bonchev–Trinajstić information content (AvgIpc) is 3.07. The van der Waals surface area contributed by atoms with E-state index in [0.717, 1.165) is 9.86 Å². The number of hydrogen-bond donors (Lipinski definition) is 2. The molecule has 0 spiro atoms. The maximum Gasteiger partial charge on any atom is 0.573 e. The van der Waals surface area contributed by atoms with Crippen LogP contribution in [0.3, 0.4) is 0 Å². The molecule has 0 unspecified atom stereocenters. The number of nitrogens with one attached hydrogen (secondary N) is 2. The zero-order chi connectivity index (χ0) is 16.9. The number of aromatic amines is 2. The summed E-state index contributed by atoms with van der Waals surface area (Å²) in [5.41, 5.74) is 2.02. The van der Waals surface area contributed by atoms with Gasteiger partial charge in [0, 0.05) is 16.7 Å². The highest BCUT2D eigenvalue weighted by atomic mass is 79.9. The fourth-order valence-corrected chi connectivity index (χ4v) is 2.69. The van der Waals surface area contributed by atoms with Gasteiger partial charge in [-0.2, -0.15) is 5.10 Å². The van der Waals surface area contributed by atoms with Crippen molar-refractivity contribution < 1.29 is 17.9 Å². The summed E-state index contributed by atoms with van der Waals surface area (Å²) in [6, 6.07) is 5.73. The number of imidazole rings is 1. The zero-order valence-corrected chi connectivity index (χ0v) is 13.2. The molecule has 0 aliphatic carbocycles. The molecule has 0 bridgehead atoms. The van der Waals surface area contributed by atoms with Crippen LogP contribution in [0.1, 0.15) is 0 Å². The van der Waals surface area contributed by atoms with Crippen molar-refractivity contribution in [2.75, 3.05) is 0 Å². The van der Waals surface area contributed by atoms with Crippen LogP contribution in [0.5, 0.6) is 5.75 Å².